The van der Waals surface area contributed by atoms with Gasteiger partial charge in [0.05, 0.1) is 56.2 Å². The van der Waals surface area contributed by atoms with Crippen LogP contribution in [0.25, 0.3) is 10.9 Å². The Kier molecular flexibility index (Phi) is 5.60. The van der Waals surface area contributed by atoms with Crippen LogP contribution in [0.2, 0.25) is 0 Å². The maximum Gasteiger partial charge on any atom is 0.266 e. The highest BCUT2D eigenvalue weighted by atomic mass is 16.5. The SMILES string of the molecule is COc1cc(C(=O)c2[nH]c3cccc(OC)c3c2N2C(=O)c3ccccc3C2=O)cc(OC)c1OC. The number of hydrogen-bond donors (Lipinski definition) is 1. The zero-order valence-corrected chi connectivity index (χ0v) is 20.0. The molecule has 9 heteroatoms. The molecule has 2 amide bonds. The van der Waals surface area contributed by atoms with Crippen molar-refractivity contribution >= 4 is 34.2 Å². The van der Waals surface area contributed by atoms with Gasteiger partial charge in [0.2, 0.25) is 11.5 Å². The molecule has 0 radical (unpaired) electrons. The van der Waals surface area contributed by atoms with Crippen LogP contribution in [-0.4, -0.2) is 51.0 Å². The van der Waals surface area contributed by atoms with Crippen molar-refractivity contribution in [2.24, 2.45) is 0 Å². The summed E-state index contributed by atoms with van der Waals surface area (Å²) in [7, 11) is 5.84. The Morgan fingerprint density at radius 1 is 0.750 bits per heavy atom. The highest BCUT2D eigenvalue weighted by Gasteiger charge is 2.41. The molecule has 0 bridgehead atoms. The fourth-order valence-electron chi connectivity index (χ4n) is 4.51. The zero-order valence-electron chi connectivity index (χ0n) is 20.0. The monoisotopic (exact) mass is 486 g/mol. The maximum absolute atomic E-state index is 13.9. The van der Waals surface area contributed by atoms with Gasteiger partial charge in [0, 0.05) is 5.56 Å². The molecular weight excluding hydrogens is 464 g/mol. The average Bonchev–Trinajstić information content (AvgIpc) is 3.41. The van der Waals surface area contributed by atoms with Gasteiger partial charge < -0.3 is 23.9 Å². The number of fused-ring (bicyclic) bond motifs is 2. The van der Waals surface area contributed by atoms with Crippen LogP contribution in [0.5, 0.6) is 23.0 Å². The van der Waals surface area contributed by atoms with Gasteiger partial charge in [0.1, 0.15) is 11.4 Å². The minimum absolute atomic E-state index is 0.0401. The molecule has 4 aromatic rings. The van der Waals surface area contributed by atoms with Crippen molar-refractivity contribution in [1.29, 1.82) is 0 Å². The number of hydrogen-bond acceptors (Lipinski definition) is 7. The third-order valence-electron chi connectivity index (χ3n) is 6.15. The van der Waals surface area contributed by atoms with Gasteiger partial charge in [-0.3, -0.25) is 14.4 Å². The van der Waals surface area contributed by atoms with Crippen LogP contribution in [0.4, 0.5) is 5.69 Å². The highest BCUT2D eigenvalue weighted by molar-refractivity contribution is 6.38. The number of methoxy groups -OCH3 is 4. The normalized spacial score (nSPS) is 12.6. The number of nitrogens with zero attached hydrogens (tertiary/aromatic N) is 1. The molecule has 0 saturated carbocycles. The molecule has 5 rings (SSSR count). The number of amides is 2. The molecule has 182 valence electrons. The number of carbonyl (C=O) groups excluding carboxylic acids is 3. The summed E-state index contributed by atoms with van der Waals surface area (Å²) in [5, 5.41) is 0.435. The van der Waals surface area contributed by atoms with Crippen LogP contribution < -0.4 is 23.8 Å². The van der Waals surface area contributed by atoms with E-state index in [2.05, 4.69) is 4.98 Å². The quantitative estimate of drug-likeness (QED) is 0.308. The predicted octanol–water partition coefficient (Wildman–Crippen LogP) is 4.23. The standard InChI is InChI=1S/C27H22N2O7/c1-33-18-11-7-10-17-21(18)23(29-26(31)15-8-5-6-9-16(15)27(29)32)22(28-17)24(30)14-12-19(34-2)25(36-4)20(13-14)35-3/h5-13,28H,1-4H3. The Hall–Kier alpha value is -4.79. The van der Waals surface area contributed by atoms with E-state index in [1.165, 1.54) is 40.6 Å². The number of rotatable bonds is 7. The van der Waals surface area contributed by atoms with Crippen molar-refractivity contribution in [3.05, 3.63) is 77.0 Å². The van der Waals surface area contributed by atoms with E-state index < -0.39 is 17.6 Å². The fourth-order valence-corrected chi connectivity index (χ4v) is 4.51. The molecule has 0 fully saturated rings. The summed E-state index contributed by atoms with van der Waals surface area (Å²) in [5.41, 5.74) is 1.41. The van der Waals surface area contributed by atoms with Crippen molar-refractivity contribution in [2.45, 2.75) is 0 Å². The second kappa shape index (κ2) is 8.77. The lowest BCUT2D eigenvalue weighted by molar-refractivity contribution is 0.0926. The van der Waals surface area contributed by atoms with E-state index in [4.69, 9.17) is 18.9 Å². The number of nitrogens with one attached hydrogen (secondary N) is 1. The molecule has 1 aliphatic rings. The van der Waals surface area contributed by atoms with Gasteiger partial charge >= 0.3 is 0 Å². The predicted molar refractivity (Wildman–Crippen MR) is 132 cm³/mol. The summed E-state index contributed by atoms with van der Waals surface area (Å²) in [6.07, 6.45) is 0. The first kappa shape index (κ1) is 23.0. The molecule has 0 aliphatic carbocycles. The molecule has 1 aliphatic heterocycles. The van der Waals surface area contributed by atoms with Crippen molar-refractivity contribution < 1.29 is 33.3 Å². The number of H-pyrrole nitrogens is 1. The number of ether oxygens (including phenoxy) is 4. The van der Waals surface area contributed by atoms with E-state index in [1.807, 2.05) is 0 Å². The molecule has 0 unspecified atom stereocenters. The number of ketones is 1. The summed E-state index contributed by atoms with van der Waals surface area (Å²) in [6.45, 7) is 0. The molecule has 3 aromatic carbocycles. The molecule has 36 heavy (non-hydrogen) atoms. The molecule has 1 N–H and O–H groups in total. The number of anilines is 1. The molecular formula is C27H22N2O7. The smallest absolute Gasteiger partial charge is 0.266 e. The Labute approximate surface area is 206 Å². The number of carbonyl (C=O) groups is 3. The molecule has 9 nitrogen and oxygen atoms in total. The van der Waals surface area contributed by atoms with Crippen molar-refractivity contribution in [2.75, 3.05) is 33.3 Å². The Morgan fingerprint density at radius 2 is 1.33 bits per heavy atom. The number of aromatic nitrogens is 1. The minimum atomic E-state index is -0.527. The van der Waals surface area contributed by atoms with Crippen LogP contribution in [0.3, 0.4) is 0 Å². The first-order valence-electron chi connectivity index (χ1n) is 11.0. The molecule has 2 heterocycles. The van der Waals surface area contributed by atoms with Crippen LogP contribution in [0.1, 0.15) is 36.8 Å². The topological polar surface area (TPSA) is 107 Å². The van der Waals surface area contributed by atoms with Crippen LogP contribution in [0.15, 0.2) is 54.6 Å². The Balaban J connectivity index is 1.77. The first-order valence-corrected chi connectivity index (χ1v) is 11.0. The van der Waals surface area contributed by atoms with E-state index in [-0.39, 0.29) is 39.6 Å². The summed E-state index contributed by atoms with van der Waals surface area (Å²) < 4.78 is 21.7. The summed E-state index contributed by atoms with van der Waals surface area (Å²) in [5.74, 6) is -0.233. The second-order valence-corrected chi connectivity index (χ2v) is 7.97. The van der Waals surface area contributed by atoms with Crippen molar-refractivity contribution in [3.8, 4) is 23.0 Å². The fraction of sp³-hybridized carbons (Fsp3) is 0.148. The molecule has 0 saturated heterocycles. The van der Waals surface area contributed by atoms with E-state index in [9.17, 15) is 14.4 Å². The third-order valence-corrected chi connectivity index (χ3v) is 6.15. The Bertz CT molecular complexity index is 1490. The average molecular weight is 486 g/mol. The van der Waals surface area contributed by atoms with Gasteiger partial charge in [-0.15, -0.1) is 0 Å². The lowest BCUT2D eigenvalue weighted by Crippen LogP contribution is -2.30. The van der Waals surface area contributed by atoms with Gasteiger partial charge in [0.25, 0.3) is 11.8 Å². The summed E-state index contributed by atoms with van der Waals surface area (Å²) in [6, 6.07) is 14.8. The van der Waals surface area contributed by atoms with Crippen molar-refractivity contribution in [1.82, 2.24) is 4.98 Å². The maximum atomic E-state index is 13.9. The summed E-state index contributed by atoms with van der Waals surface area (Å²) >= 11 is 0. The number of aromatic amines is 1. The van der Waals surface area contributed by atoms with Gasteiger partial charge in [-0.1, -0.05) is 18.2 Å². The van der Waals surface area contributed by atoms with Gasteiger partial charge in [0.15, 0.2) is 11.5 Å². The highest BCUT2D eigenvalue weighted by Crippen LogP contribution is 2.43. The van der Waals surface area contributed by atoms with E-state index in [1.54, 1.807) is 42.5 Å². The molecule has 0 atom stereocenters. The minimum Gasteiger partial charge on any atom is -0.496 e. The molecule has 0 spiro atoms. The lowest BCUT2D eigenvalue weighted by Gasteiger charge is -2.17. The number of benzene rings is 3. The largest absolute Gasteiger partial charge is 0.496 e. The lowest BCUT2D eigenvalue weighted by atomic mass is 10.0. The second-order valence-electron chi connectivity index (χ2n) is 7.97. The van der Waals surface area contributed by atoms with Gasteiger partial charge in [-0.25, -0.2) is 4.90 Å². The van der Waals surface area contributed by atoms with E-state index in [0.717, 1.165) is 4.90 Å². The van der Waals surface area contributed by atoms with E-state index in [0.29, 0.717) is 22.4 Å². The van der Waals surface area contributed by atoms with Gasteiger partial charge in [-0.05, 0) is 36.4 Å². The van der Waals surface area contributed by atoms with Gasteiger partial charge in [-0.2, -0.15) is 0 Å². The summed E-state index contributed by atoms with van der Waals surface area (Å²) in [4.78, 5) is 44.9. The zero-order chi connectivity index (χ0) is 25.6. The van der Waals surface area contributed by atoms with E-state index >= 15 is 0 Å². The Morgan fingerprint density at radius 3 is 1.86 bits per heavy atom. The van der Waals surface area contributed by atoms with Crippen LogP contribution in [0, 0.1) is 0 Å². The first-order chi connectivity index (χ1) is 17.4. The van der Waals surface area contributed by atoms with Crippen LogP contribution in [-0.2, 0) is 0 Å². The molecule has 1 aromatic heterocycles. The third kappa shape index (κ3) is 3.28. The number of imide groups is 1. The van der Waals surface area contributed by atoms with Crippen LogP contribution >= 0.6 is 0 Å². The van der Waals surface area contributed by atoms with Crippen molar-refractivity contribution in [3.63, 3.8) is 0 Å².